The normalized spacial score (nSPS) is 26.5. The number of amides is 2. The Balaban J connectivity index is 1.30. The number of rotatable bonds is 5. The molecule has 160 valence electrons. The van der Waals surface area contributed by atoms with Crippen LogP contribution in [0.25, 0.3) is 11.4 Å². The molecule has 10 nitrogen and oxygen atoms in total. The number of H-pyrrole nitrogens is 1. The first-order valence-corrected chi connectivity index (χ1v) is 10.7. The third-order valence-corrected chi connectivity index (χ3v) is 6.63. The van der Waals surface area contributed by atoms with Gasteiger partial charge in [0.15, 0.2) is 0 Å². The molecular weight excluding hydrogens is 396 g/mol. The Morgan fingerprint density at radius 1 is 1.39 bits per heavy atom. The summed E-state index contributed by atoms with van der Waals surface area (Å²) < 4.78 is 0. The third-order valence-electron chi connectivity index (χ3n) is 6.63. The summed E-state index contributed by atoms with van der Waals surface area (Å²) in [6, 6.07) is 9.32. The maximum Gasteiger partial charge on any atom is 0.244 e. The highest BCUT2D eigenvalue weighted by Crippen LogP contribution is 2.39. The van der Waals surface area contributed by atoms with E-state index in [0.717, 1.165) is 37.1 Å². The highest BCUT2D eigenvalue weighted by Gasteiger charge is 2.51. The minimum atomic E-state index is -0.316. The highest BCUT2D eigenvalue weighted by atomic mass is 16.2. The van der Waals surface area contributed by atoms with Crippen molar-refractivity contribution in [3.8, 4) is 17.5 Å². The third kappa shape index (κ3) is 3.25. The number of nitrogens with zero attached hydrogens (tertiary/aromatic N) is 7. The van der Waals surface area contributed by atoms with Crippen LogP contribution in [0.15, 0.2) is 24.3 Å². The fourth-order valence-corrected chi connectivity index (χ4v) is 5.21. The predicted molar refractivity (Wildman–Crippen MR) is 110 cm³/mol. The molecule has 3 fully saturated rings. The molecule has 10 heteroatoms. The molecule has 2 amide bonds. The molecule has 4 heterocycles. The Morgan fingerprint density at radius 3 is 2.97 bits per heavy atom. The molecule has 0 aliphatic carbocycles. The molecule has 2 bridgehead atoms. The van der Waals surface area contributed by atoms with Crippen LogP contribution in [0.2, 0.25) is 0 Å². The van der Waals surface area contributed by atoms with Gasteiger partial charge in [0.25, 0.3) is 0 Å². The summed E-state index contributed by atoms with van der Waals surface area (Å²) >= 11 is 0. The summed E-state index contributed by atoms with van der Waals surface area (Å²) in [5.74, 6) is 0.266. The number of hydrogen-bond donors (Lipinski definition) is 1. The van der Waals surface area contributed by atoms with E-state index in [0.29, 0.717) is 18.9 Å². The SMILES string of the molecule is C[C@@H](CN1C[C@H]2C[C@@H]1C(=O)N2c1ccccc1-c1nn[nH]n1)C(=O)N1CCC[C@H]1C#N. The quantitative estimate of drug-likeness (QED) is 0.759. The zero-order chi connectivity index (χ0) is 21.5. The molecule has 3 aliphatic rings. The lowest BCUT2D eigenvalue weighted by Gasteiger charge is -2.36. The largest absolute Gasteiger partial charge is 0.326 e. The Morgan fingerprint density at radius 2 is 2.23 bits per heavy atom. The molecule has 3 saturated heterocycles. The summed E-state index contributed by atoms with van der Waals surface area (Å²) in [5, 5.41) is 23.5. The monoisotopic (exact) mass is 420 g/mol. The number of benzene rings is 1. The van der Waals surface area contributed by atoms with Crippen LogP contribution in [-0.4, -0.2) is 80.0 Å². The van der Waals surface area contributed by atoms with Gasteiger partial charge in [-0.05, 0) is 36.6 Å². The molecule has 1 aromatic carbocycles. The molecule has 0 spiro atoms. The average Bonchev–Trinajstić information content (AvgIpc) is 3.57. The van der Waals surface area contributed by atoms with Crippen molar-refractivity contribution in [3.63, 3.8) is 0 Å². The van der Waals surface area contributed by atoms with Crippen molar-refractivity contribution >= 4 is 17.5 Å². The number of carbonyl (C=O) groups excluding carboxylic acids is 2. The van der Waals surface area contributed by atoms with Gasteiger partial charge in [0.05, 0.1) is 23.8 Å². The predicted octanol–water partition coefficient (Wildman–Crippen LogP) is 0.807. The topological polar surface area (TPSA) is 122 Å². The molecule has 1 N–H and O–H groups in total. The van der Waals surface area contributed by atoms with Gasteiger partial charge >= 0.3 is 0 Å². The molecule has 3 aliphatic heterocycles. The number of nitriles is 1. The van der Waals surface area contributed by atoms with E-state index in [1.807, 2.05) is 36.1 Å². The number of aromatic nitrogens is 4. The lowest BCUT2D eigenvalue weighted by atomic mass is 10.1. The molecule has 0 unspecified atom stereocenters. The first-order chi connectivity index (χ1) is 15.1. The highest BCUT2D eigenvalue weighted by molar-refractivity contribution is 6.03. The molecule has 2 aromatic rings. The van der Waals surface area contributed by atoms with Gasteiger partial charge in [-0.3, -0.25) is 14.5 Å². The van der Waals surface area contributed by atoms with Gasteiger partial charge in [-0.15, -0.1) is 10.2 Å². The van der Waals surface area contributed by atoms with Gasteiger partial charge in [0.1, 0.15) is 6.04 Å². The van der Waals surface area contributed by atoms with Crippen LogP contribution < -0.4 is 4.90 Å². The second-order valence-corrected chi connectivity index (χ2v) is 8.54. The van der Waals surface area contributed by atoms with Crippen molar-refractivity contribution in [1.82, 2.24) is 30.4 Å². The van der Waals surface area contributed by atoms with Gasteiger partial charge in [-0.2, -0.15) is 10.5 Å². The Hall–Kier alpha value is -3.32. The van der Waals surface area contributed by atoms with Crippen LogP contribution in [0.3, 0.4) is 0 Å². The molecule has 5 rings (SSSR count). The van der Waals surface area contributed by atoms with Crippen molar-refractivity contribution < 1.29 is 9.59 Å². The Labute approximate surface area is 179 Å². The van der Waals surface area contributed by atoms with Gasteiger partial charge in [0, 0.05) is 31.1 Å². The smallest absolute Gasteiger partial charge is 0.244 e. The Bertz CT molecular complexity index is 1030. The first kappa shape index (κ1) is 19.6. The molecule has 4 atom stereocenters. The minimum Gasteiger partial charge on any atom is -0.326 e. The van der Waals surface area contributed by atoms with Crippen molar-refractivity contribution in [2.75, 3.05) is 24.5 Å². The summed E-state index contributed by atoms with van der Waals surface area (Å²) in [6.45, 7) is 3.79. The van der Waals surface area contributed by atoms with Crippen molar-refractivity contribution in [1.29, 1.82) is 5.26 Å². The van der Waals surface area contributed by atoms with E-state index in [-0.39, 0.29) is 35.9 Å². The summed E-state index contributed by atoms with van der Waals surface area (Å²) in [6.07, 6.45) is 2.36. The van der Waals surface area contributed by atoms with Crippen LogP contribution in [0, 0.1) is 17.2 Å². The fraction of sp³-hybridized carbons (Fsp3) is 0.524. The standard InChI is InChI=1S/C21H24N8O2/c1-13(20(30)28-8-4-5-14(28)10-22)11-27-12-15-9-18(27)21(31)29(15)17-7-3-2-6-16(17)19-23-25-26-24-19/h2-3,6-7,13-15,18H,4-5,8-9,11-12H2,1H3,(H,23,24,25,26)/t13-,14-,15+,18+/m0/s1. The van der Waals surface area contributed by atoms with Gasteiger partial charge in [-0.1, -0.05) is 19.1 Å². The molecule has 0 radical (unpaired) electrons. The van der Waals surface area contributed by atoms with Crippen molar-refractivity contribution in [3.05, 3.63) is 24.3 Å². The number of tetrazole rings is 1. The zero-order valence-corrected chi connectivity index (χ0v) is 17.3. The number of para-hydroxylation sites is 1. The number of carbonyl (C=O) groups is 2. The second-order valence-electron chi connectivity index (χ2n) is 8.54. The maximum atomic E-state index is 13.3. The van der Waals surface area contributed by atoms with Gasteiger partial charge in [-0.25, -0.2) is 0 Å². The average molecular weight is 420 g/mol. The van der Waals surface area contributed by atoms with Crippen LogP contribution in [0.5, 0.6) is 0 Å². The van der Waals surface area contributed by atoms with E-state index < -0.39 is 0 Å². The maximum absolute atomic E-state index is 13.3. The lowest BCUT2D eigenvalue weighted by molar-refractivity contribution is -0.136. The van der Waals surface area contributed by atoms with Crippen molar-refractivity contribution in [2.24, 2.45) is 5.92 Å². The van der Waals surface area contributed by atoms with Gasteiger partial charge in [0.2, 0.25) is 17.6 Å². The number of anilines is 1. The summed E-state index contributed by atoms with van der Waals surface area (Å²) in [7, 11) is 0. The van der Waals surface area contributed by atoms with Crippen molar-refractivity contribution in [2.45, 2.75) is 44.3 Å². The zero-order valence-electron chi connectivity index (χ0n) is 17.3. The molecule has 1 aromatic heterocycles. The molecule has 31 heavy (non-hydrogen) atoms. The lowest BCUT2D eigenvalue weighted by Crippen LogP contribution is -2.53. The van der Waals surface area contributed by atoms with E-state index in [9.17, 15) is 14.9 Å². The number of fused-ring (bicyclic) bond motifs is 2. The number of likely N-dealkylation sites (tertiary alicyclic amines) is 2. The first-order valence-electron chi connectivity index (χ1n) is 10.7. The summed E-state index contributed by atoms with van der Waals surface area (Å²) in [5.41, 5.74) is 1.56. The van der Waals surface area contributed by atoms with E-state index >= 15 is 0 Å². The van der Waals surface area contributed by atoms with E-state index in [1.165, 1.54) is 0 Å². The minimum absolute atomic E-state index is 0.0126. The molecule has 0 saturated carbocycles. The fourth-order valence-electron chi connectivity index (χ4n) is 5.21. The number of aromatic amines is 1. The van der Waals surface area contributed by atoms with E-state index in [1.54, 1.807) is 4.90 Å². The van der Waals surface area contributed by atoms with E-state index in [2.05, 4.69) is 31.6 Å². The molecular formula is C21H24N8O2. The number of hydrogen-bond acceptors (Lipinski definition) is 7. The number of piperazine rings is 1. The summed E-state index contributed by atoms with van der Waals surface area (Å²) in [4.78, 5) is 31.9. The van der Waals surface area contributed by atoms with Crippen LogP contribution in [0.1, 0.15) is 26.2 Å². The Kier molecular flexibility index (Phi) is 4.90. The number of nitrogens with one attached hydrogen (secondary N) is 1. The second kappa shape index (κ2) is 7.74. The van der Waals surface area contributed by atoms with Crippen LogP contribution >= 0.6 is 0 Å². The van der Waals surface area contributed by atoms with E-state index in [4.69, 9.17) is 0 Å². The van der Waals surface area contributed by atoms with Crippen LogP contribution in [0.4, 0.5) is 5.69 Å². The van der Waals surface area contributed by atoms with Crippen LogP contribution in [-0.2, 0) is 9.59 Å². The van der Waals surface area contributed by atoms with Gasteiger partial charge < -0.3 is 9.80 Å².